The van der Waals surface area contributed by atoms with Crippen molar-refractivity contribution < 1.29 is 9.90 Å². The van der Waals surface area contributed by atoms with Crippen LogP contribution >= 0.6 is 0 Å². The summed E-state index contributed by atoms with van der Waals surface area (Å²) in [5.74, 6) is -0.765. The van der Waals surface area contributed by atoms with Crippen molar-refractivity contribution in [3.05, 3.63) is 0 Å². The highest BCUT2D eigenvalue weighted by Gasteiger charge is 2.21. The van der Waals surface area contributed by atoms with Crippen molar-refractivity contribution in [2.75, 3.05) is 19.6 Å². The van der Waals surface area contributed by atoms with Gasteiger partial charge >= 0.3 is 5.97 Å². The van der Waals surface area contributed by atoms with Crippen molar-refractivity contribution in [2.24, 2.45) is 0 Å². The lowest BCUT2D eigenvalue weighted by Crippen LogP contribution is -2.48. The molecular formula is C11H24N2O2. The summed E-state index contributed by atoms with van der Waals surface area (Å²) >= 11 is 0. The van der Waals surface area contributed by atoms with Crippen LogP contribution in [-0.2, 0) is 4.79 Å². The lowest BCUT2D eigenvalue weighted by atomic mass is 10.2. The first kappa shape index (κ1) is 14.4. The minimum absolute atomic E-state index is 0.440. The van der Waals surface area contributed by atoms with E-state index >= 15 is 0 Å². The van der Waals surface area contributed by atoms with Gasteiger partial charge in [-0.25, -0.2) is 0 Å². The molecule has 0 aromatic rings. The number of carbonyl (C=O) groups is 1. The van der Waals surface area contributed by atoms with E-state index in [9.17, 15) is 4.79 Å². The van der Waals surface area contributed by atoms with Crippen LogP contribution < -0.4 is 5.32 Å². The van der Waals surface area contributed by atoms with Gasteiger partial charge in [0.25, 0.3) is 0 Å². The van der Waals surface area contributed by atoms with E-state index in [0.717, 1.165) is 13.0 Å². The van der Waals surface area contributed by atoms with Crippen molar-refractivity contribution in [3.8, 4) is 0 Å². The predicted octanol–water partition coefficient (Wildman–Crippen LogP) is 1.17. The zero-order valence-corrected chi connectivity index (χ0v) is 10.3. The van der Waals surface area contributed by atoms with E-state index in [1.165, 1.54) is 0 Å². The topological polar surface area (TPSA) is 52.6 Å². The number of rotatable bonds is 8. The van der Waals surface area contributed by atoms with E-state index in [0.29, 0.717) is 19.1 Å². The lowest BCUT2D eigenvalue weighted by molar-refractivity contribution is -0.140. The first-order chi connectivity index (χ1) is 7.06. The van der Waals surface area contributed by atoms with Crippen molar-refractivity contribution >= 4 is 5.97 Å². The average Bonchev–Trinajstić information content (AvgIpc) is 2.22. The van der Waals surface area contributed by atoms with E-state index in [2.05, 4.69) is 31.0 Å². The van der Waals surface area contributed by atoms with Gasteiger partial charge in [-0.15, -0.1) is 0 Å². The van der Waals surface area contributed by atoms with Crippen LogP contribution in [0.5, 0.6) is 0 Å². The fraction of sp³-hybridized carbons (Fsp3) is 0.909. The summed E-state index contributed by atoms with van der Waals surface area (Å²) in [4.78, 5) is 13.2. The monoisotopic (exact) mass is 216 g/mol. The summed E-state index contributed by atoms with van der Waals surface area (Å²) in [5, 5.41) is 12.0. The molecule has 0 fully saturated rings. The molecule has 4 heteroatoms. The van der Waals surface area contributed by atoms with Gasteiger partial charge in [0.2, 0.25) is 0 Å². The van der Waals surface area contributed by atoms with Crippen LogP contribution in [0.1, 0.15) is 34.1 Å². The van der Waals surface area contributed by atoms with Crippen LogP contribution in [0.4, 0.5) is 0 Å². The minimum Gasteiger partial charge on any atom is -0.480 e. The molecule has 0 aliphatic carbocycles. The number of carboxylic acid groups (broad SMARTS) is 1. The molecule has 0 aliphatic rings. The molecule has 2 unspecified atom stereocenters. The zero-order valence-electron chi connectivity index (χ0n) is 10.3. The SMILES string of the molecule is CCNC(CN(CC)C(C)CC)C(=O)O. The second-order valence-electron chi connectivity index (χ2n) is 3.79. The van der Waals surface area contributed by atoms with E-state index < -0.39 is 12.0 Å². The van der Waals surface area contributed by atoms with Gasteiger partial charge < -0.3 is 10.4 Å². The maximum absolute atomic E-state index is 11.0. The Bertz CT molecular complexity index is 185. The Morgan fingerprint density at radius 1 is 1.40 bits per heavy atom. The number of nitrogens with zero attached hydrogens (tertiary/aromatic N) is 1. The molecule has 0 aliphatic heterocycles. The fourth-order valence-corrected chi connectivity index (χ4v) is 1.59. The molecule has 2 N–H and O–H groups in total. The van der Waals surface area contributed by atoms with Gasteiger partial charge in [-0.1, -0.05) is 20.8 Å². The molecule has 0 bridgehead atoms. The van der Waals surface area contributed by atoms with E-state index in [1.807, 2.05) is 6.92 Å². The molecule has 2 atom stereocenters. The van der Waals surface area contributed by atoms with Crippen molar-refractivity contribution in [2.45, 2.75) is 46.2 Å². The van der Waals surface area contributed by atoms with Gasteiger partial charge in [-0.05, 0) is 26.4 Å². The van der Waals surface area contributed by atoms with E-state index in [4.69, 9.17) is 5.11 Å². The second-order valence-corrected chi connectivity index (χ2v) is 3.79. The average molecular weight is 216 g/mol. The molecule has 0 radical (unpaired) electrons. The van der Waals surface area contributed by atoms with Crippen molar-refractivity contribution in [3.63, 3.8) is 0 Å². The zero-order chi connectivity index (χ0) is 11.8. The Morgan fingerprint density at radius 3 is 2.33 bits per heavy atom. The fourth-order valence-electron chi connectivity index (χ4n) is 1.59. The molecule has 0 heterocycles. The highest BCUT2D eigenvalue weighted by molar-refractivity contribution is 5.73. The first-order valence-electron chi connectivity index (χ1n) is 5.76. The van der Waals surface area contributed by atoms with Gasteiger partial charge in [0.15, 0.2) is 0 Å². The molecule has 0 saturated carbocycles. The van der Waals surface area contributed by atoms with Gasteiger partial charge in [-0.2, -0.15) is 0 Å². The van der Waals surface area contributed by atoms with Crippen LogP contribution in [0.15, 0.2) is 0 Å². The first-order valence-corrected chi connectivity index (χ1v) is 5.76. The number of hydrogen-bond donors (Lipinski definition) is 2. The van der Waals surface area contributed by atoms with Gasteiger partial charge in [0, 0.05) is 12.6 Å². The summed E-state index contributed by atoms with van der Waals surface area (Å²) in [6.07, 6.45) is 1.05. The number of aliphatic carboxylic acids is 1. The standard InChI is InChI=1S/C11H24N2O2/c1-5-9(4)13(7-3)8-10(11(14)15)12-6-2/h9-10,12H,5-8H2,1-4H3,(H,14,15). The minimum atomic E-state index is -0.765. The molecule has 0 spiro atoms. The quantitative estimate of drug-likeness (QED) is 0.639. The molecule has 0 aromatic carbocycles. The molecule has 90 valence electrons. The van der Waals surface area contributed by atoms with Crippen molar-refractivity contribution in [1.29, 1.82) is 0 Å². The lowest BCUT2D eigenvalue weighted by Gasteiger charge is -2.29. The third-order valence-corrected chi connectivity index (χ3v) is 2.79. The third kappa shape index (κ3) is 5.14. The summed E-state index contributed by atoms with van der Waals surface area (Å²) in [5.41, 5.74) is 0. The highest BCUT2D eigenvalue weighted by Crippen LogP contribution is 2.04. The van der Waals surface area contributed by atoms with Crippen molar-refractivity contribution in [1.82, 2.24) is 10.2 Å². The summed E-state index contributed by atoms with van der Waals surface area (Å²) in [6.45, 7) is 10.4. The molecular weight excluding hydrogens is 192 g/mol. The molecule has 0 saturated heterocycles. The molecule has 4 nitrogen and oxygen atoms in total. The van der Waals surface area contributed by atoms with Gasteiger partial charge in [0.1, 0.15) is 6.04 Å². The van der Waals surface area contributed by atoms with E-state index in [1.54, 1.807) is 0 Å². The number of nitrogens with one attached hydrogen (secondary N) is 1. The van der Waals surface area contributed by atoms with E-state index in [-0.39, 0.29) is 0 Å². The highest BCUT2D eigenvalue weighted by atomic mass is 16.4. The normalized spacial score (nSPS) is 15.3. The van der Waals surface area contributed by atoms with Crippen LogP contribution in [0.3, 0.4) is 0 Å². The Balaban J connectivity index is 4.27. The molecule has 0 amide bonds. The Kier molecular flexibility index (Phi) is 7.34. The smallest absolute Gasteiger partial charge is 0.322 e. The third-order valence-electron chi connectivity index (χ3n) is 2.79. The van der Waals surface area contributed by atoms with Crippen LogP contribution in [-0.4, -0.2) is 47.7 Å². The van der Waals surface area contributed by atoms with Crippen LogP contribution in [0.2, 0.25) is 0 Å². The summed E-state index contributed by atoms with van der Waals surface area (Å²) in [7, 11) is 0. The maximum atomic E-state index is 11.0. The Labute approximate surface area is 92.7 Å². The number of carboxylic acids is 1. The number of hydrogen-bond acceptors (Lipinski definition) is 3. The predicted molar refractivity (Wildman–Crippen MR) is 62.1 cm³/mol. The Morgan fingerprint density at radius 2 is 2.00 bits per heavy atom. The molecule has 0 aromatic heterocycles. The summed E-state index contributed by atoms with van der Waals surface area (Å²) < 4.78 is 0. The maximum Gasteiger partial charge on any atom is 0.322 e. The molecule has 15 heavy (non-hydrogen) atoms. The molecule has 0 rings (SSSR count). The number of likely N-dealkylation sites (N-methyl/N-ethyl adjacent to an activating group) is 2. The van der Waals surface area contributed by atoms with Gasteiger partial charge in [0.05, 0.1) is 0 Å². The largest absolute Gasteiger partial charge is 0.480 e. The van der Waals surface area contributed by atoms with Crippen LogP contribution in [0.25, 0.3) is 0 Å². The Hall–Kier alpha value is -0.610. The van der Waals surface area contributed by atoms with Crippen LogP contribution in [0, 0.1) is 0 Å². The second kappa shape index (κ2) is 7.65. The summed E-state index contributed by atoms with van der Waals surface area (Å²) in [6, 6.07) is -0.0144. The van der Waals surface area contributed by atoms with Gasteiger partial charge in [-0.3, -0.25) is 9.69 Å².